The Morgan fingerprint density at radius 2 is 1.88 bits per heavy atom. The Labute approximate surface area is 144 Å². The third-order valence-electron chi connectivity index (χ3n) is 4.46. The zero-order chi connectivity index (χ0) is 17.8. The molecule has 2 aromatic rings. The molecule has 130 valence electrons. The highest BCUT2D eigenvalue weighted by molar-refractivity contribution is 5.94. The third-order valence-corrected chi connectivity index (χ3v) is 4.46. The van der Waals surface area contributed by atoms with E-state index in [0.717, 1.165) is 0 Å². The zero-order valence-electron chi connectivity index (χ0n) is 13.7. The van der Waals surface area contributed by atoms with Gasteiger partial charge in [0.2, 0.25) is 0 Å². The molecular formula is C18H19FN3O3+. The van der Waals surface area contributed by atoms with Gasteiger partial charge in [-0.25, -0.2) is 4.39 Å². The molecule has 0 radical (unpaired) electrons. The highest BCUT2D eigenvalue weighted by Gasteiger charge is 2.26. The van der Waals surface area contributed by atoms with Gasteiger partial charge in [0.1, 0.15) is 12.4 Å². The highest BCUT2D eigenvalue weighted by atomic mass is 19.1. The number of nitro groups is 1. The fraction of sp³-hybridized carbons (Fsp3) is 0.278. The first-order valence-electron chi connectivity index (χ1n) is 8.15. The summed E-state index contributed by atoms with van der Waals surface area (Å²) in [5.41, 5.74) is 1.18. The molecule has 25 heavy (non-hydrogen) atoms. The largest absolute Gasteiger partial charge is 0.328 e. The van der Waals surface area contributed by atoms with Crippen molar-refractivity contribution in [2.45, 2.75) is 6.54 Å². The lowest BCUT2D eigenvalue weighted by Gasteiger charge is -2.32. The minimum atomic E-state index is -0.425. The quantitative estimate of drug-likeness (QED) is 0.671. The summed E-state index contributed by atoms with van der Waals surface area (Å²) in [6.07, 6.45) is 0. The number of piperazine rings is 1. The van der Waals surface area contributed by atoms with Crippen LogP contribution in [0.15, 0.2) is 48.5 Å². The number of carbonyl (C=O) groups excluding carboxylic acids is 1. The van der Waals surface area contributed by atoms with Gasteiger partial charge in [-0.3, -0.25) is 14.9 Å². The van der Waals surface area contributed by atoms with Gasteiger partial charge in [-0.15, -0.1) is 0 Å². The number of nitro benzene ring substituents is 1. The Hall–Kier alpha value is -2.80. The van der Waals surface area contributed by atoms with Gasteiger partial charge in [0.25, 0.3) is 11.6 Å². The number of nitrogens with zero attached hydrogens (tertiary/aromatic N) is 2. The van der Waals surface area contributed by atoms with E-state index in [2.05, 4.69) is 0 Å². The van der Waals surface area contributed by atoms with Gasteiger partial charge in [-0.05, 0) is 24.3 Å². The number of halogens is 1. The zero-order valence-corrected chi connectivity index (χ0v) is 13.7. The van der Waals surface area contributed by atoms with Crippen molar-refractivity contribution in [3.05, 3.63) is 75.6 Å². The van der Waals surface area contributed by atoms with Crippen molar-refractivity contribution in [3.63, 3.8) is 0 Å². The van der Waals surface area contributed by atoms with Crippen molar-refractivity contribution >= 4 is 11.6 Å². The van der Waals surface area contributed by atoms with Crippen LogP contribution in [-0.4, -0.2) is 41.9 Å². The summed E-state index contributed by atoms with van der Waals surface area (Å²) in [6, 6.07) is 12.4. The molecule has 0 unspecified atom stereocenters. The maximum Gasteiger partial charge on any atom is 0.278 e. The molecule has 2 aromatic carbocycles. The molecule has 0 atom stereocenters. The molecule has 0 saturated carbocycles. The number of quaternary nitrogens is 1. The van der Waals surface area contributed by atoms with E-state index in [1.165, 1.54) is 29.2 Å². The van der Waals surface area contributed by atoms with E-state index in [1.807, 2.05) is 0 Å². The summed E-state index contributed by atoms with van der Waals surface area (Å²) in [4.78, 5) is 26.1. The second-order valence-corrected chi connectivity index (χ2v) is 6.12. The molecule has 1 aliphatic rings. The third kappa shape index (κ3) is 4.00. The SMILES string of the molecule is O=C(c1cccc(F)c1)N1CC[NH+](Cc2ccccc2[N+](=O)[O-])CC1. The van der Waals surface area contributed by atoms with Crippen LogP contribution in [0.2, 0.25) is 0 Å². The van der Waals surface area contributed by atoms with Gasteiger partial charge in [0.05, 0.1) is 36.7 Å². The van der Waals surface area contributed by atoms with Crippen molar-refractivity contribution in [3.8, 4) is 0 Å². The van der Waals surface area contributed by atoms with Crippen molar-refractivity contribution < 1.29 is 19.0 Å². The normalized spacial score (nSPS) is 15.2. The number of benzene rings is 2. The molecule has 1 saturated heterocycles. The second kappa shape index (κ2) is 7.40. The number of carbonyl (C=O) groups is 1. The Kier molecular flexibility index (Phi) is 5.04. The van der Waals surface area contributed by atoms with E-state index < -0.39 is 5.82 Å². The molecule has 3 rings (SSSR count). The molecule has 1 aliphatic heterocycles. The number of para-hydroxylation sites is 1. The van der Waals surface area contributed by atoms with Crippen molar-refractivity contribution in [2.75, 3.05) is 26.2 Å². The molecule has 7 heteroatoms. The summed E-state index contributed by atoms with van der Waals surface area (Å²) in [5, 5.41) is 11.1. The average molecular weight is 344 g/mol. The standard InChI is InChI=1S/C18H18FN3O3/c19-16-6-3-5-14(12-16)18(23)21-10-8-20(9-11-21)13-15-4-1-2-7-17(15)22(24)25/h1-7,12H,8-11,13H2/p+1. The van der Waals surface area contributed by atoms with Gasteiger partial charge >= 0.3 is 0 Å². The Morgan fingerprint density at radius 1 is 1.16 bits per heavy atom. The molecular weight excluding hydrogens is 325 g/mol. The summed E-state index contributed by atoms with van der Waals surface area (Å²) in [7, 11) is 0. The molecule has 6 nitrogen and oxygen atoms in total. The Bertz CT molecular complexity index is 789. The summed E-state index contributed by atoms with van der Waals surface area (Å²) in [5.74, 6) is -0.601. The smallest absolute Gasteiger partial charge is 0.278 e. The van der Waals surface area contributed by atoms with Crippen LogP contribution >= 0.6 is 0 Å². The number of hydrogen-bond acceptors (Lipinski definition) is 3. The van der Waals surface area contributed by atoms with E-state index in [4.69, 9.17) is 0 Å². The van der Waals surface area contributed by atoms with Crippen LogP contribution < -0.4 is 4.90 Å². The summed E-state index contributed by atoms with van der Waals surface area (Å²) < 4.78 is 13.3. The minimum Gasteiger partial charge on any atom is -0.328 e. The monoisotopic (exact) mass is 344 g/mol. The Morgan fingerprint density at radius 3 is 2.56 bits per heavy atom. The molecule has 1 N–H and O–H groups in total. The van der Waals surface area contributed by atoms with Crippen molar-refractivity contribution in [1.82, 2.24) is 4.90 Å². The lowest BCUT2D eigenvalue weighted by atomic mass is 10.1. The van der Waals surface area contributed by atoms with Crippen molar-refractivity contribution in [1.29, 1.82) is 0 Å². The first kappa shape index (κ1) is 17.0. The maximum atomic E-state index is 13.3. The van der Waals surface area contributed by atoms with Crippen LogP contribution in [0.25, 0.3) is 0 Å². The predicted octanol–water partition coefficient (Wildman–Crippen LogP) is 1.27. The summed E-state index contributed by atoms with van der Waals surface area (Å²) >= 11 is 0. The average Bonchev–Trinajstić information content (AvgIpc) is 2.62. The number of rotatable bonds is 4. The van der Waals surface area contributed by atoms with Crippen molar-refractivity contribution in [2.24, 2.45) is 0 Å². The molecule has 1 fully saturated rings. The molecule has 1 amide bonds. The highest BCUT2D eigenvalue weighted by Crippen LogP contribution is 2.16. The molecule has 1 heterocycles. The number of nitrogens with one attached hydrogen (secondary N) is 1. The first-order chi connectivity index (χ1) is 12.0. The van der Waals surface area contributed by atoms with Crippen LogP contribution in [0, 0.1) is 15.9 Å². The lowest BCUT2D eigenvalue weighted by Crippen LogP contribution is -3.13. The topological polar surface area (TPSA) is 67.9 Å². The van der Waals surface area contributed by atoms with E-state index >= 15 is 0 Å². The van der Waals surface area contributed by atoms with Gasteiger partial charge in [0, 0.05) is 11.6 Å². The fourth-order valence-electron chi connectivity index (χ4n) is 3.11. The lowest BCUT2D eigenvalue weighted by molar-refractivity contribution is -0.917. The first-order valence-corrected chi connectivity index (χ1v) is 8.15. The maximum absolute atomic E-state index is 13.3. The van der Waals surface area contributed by atoms with Gasteiger partial charge in [0.15, 0.2) is 0 Å². The van der Waals surface area contributed by atoms with E-state index in [-0.39, 0.29) is 16.5 Å². The van der Waals surface area contributed by atoms with Gasteiger partial charge < -0.3 is 9.80 Å². The number of amides is 1. The van der Waals surface area contributed by atoms with Gasteiger partial charge in [-0.2, -0.15) is 0 Å². The molecule has 0 aromatic heterocycles. The van der Waals surface area contributed by atoms with Crippen LogP contribution in [0.5, 0.6) is 0 Å². The van der Waals surface area contributed by atoms with Gasteiger partial charge in [-0.1, -0.05) is 18.2 Å². The fourth-order valence-corrected chi connectivity index (χ4v) is 3.11. The van der Waals surface area contributed by atoms with Crippen LogP contribution in [0.1, 0.15) is 15.9 Å². The number of hydrogen-bond donors (Lipinski definition) is 1. The van der Waals surface area contributed by atoms with Crippen LogP contribution in [0.4, 0.5) is 10.1 Å². The van der Waals surface area contributed by atoms with Crippen LogP contribution in [-0.2, 0) is 6.54 Å². The minimum absolute atomic E-state index is 0.133. The summed E-state index contributed by atoms with van der Waals surface area (Å²) in [6.45, 7) is 3.05. The van der Waals surface area contributed by atoms with E-state index in [0.29, 0.717) is 43.9 Å². The predicted molar refractivity (Wildman–Crippen MR) is 89.8 cm³/mol. The molecule has 0 spiro atoms. The molecule has 0 bridgehead atoms. The second-order valence-electron chi connectivity index (χ2n) is 6.12. The van der Waals surface area contributed by atoms with E-state index in [9.17, 15) is 19.3 Å². The van der Waals surface area contributed by atoms with E-state index in [1.54, 1.807) is 29.2 Å². The Balaban J connectivity index is 1.61. The van der Waals surface area contributed by atoms with Crippen LogP contribution in [0.3, 0.4) is 0 Å². The molecule has 0 aliphatic carbocycles.